The maximum absolute atomic E-state index is 3.79. The topological polar surface area (TPSA) is 12.0 Å². The summed E-state index contributed by atoms with van der Waals surface area (Å²) in [4.78, 5) is 1.48. The quantitative estimate of drug-likeness (QED) is 0.854. The van der Waals surface area contributed by atoms with Gasteiger partial charge in [-0.15, -0.1) is 11.3 Å². The highest BCUT2D eigenvalue weighted by molar-refractivity contribution is 8.00. The van der Waals surface area contributed by atoms with Crippen LogP contribution in [0.15, 0.2) is 17.5 Å². The van der Waals surface area contributed by atoms with Gasteiger partial charge >= 0.3 is 0 Å². The van der Waals surface area contributed by atoms with Crippen LogP contribution in [0.5, 0.6) is 0 Å². The fourth-order valence-corrected chi connectivity index (χ4v) is 4.66. The Hall–Kier alpha value is 0.01000. The summed E-state index contributed by atoms with van der Waals surface area (Å²) in [6.45, 7) is 8.16. The van der Waals surface area contributed by atoms with Crippen molar-refractivity contribution in [3.8, 4) is 0 Å². The molecule has 1 fully saturated rings. The largest absolute Gasteiger partial charge is 0.308 e. The second-order valence-corrected chi connectivity index (χ2v) is 8.18. The molecule has 1 saturated heterocycles. The molecule has 2 rings (SSSR count). The zero-order valence-electron chi connectivity index (χ0n) is 11.0. The van der Waals surface area contributed by atoms with Crippen LogP contribution in [0.3, 0.4) is 0 Å². The van der Waals surface area contributed by atoms with Crippen molar-refractivity contribution in [3.63, 3.8) is 0 Å². The van der Waals surface area contributed by atoms with E-state index >= 15 is 0 Å². The van der Waals surface area contributed by atoms with E-state index in [-0.39, 0.29) is 0 Å². The van der Waals surface area contributed by atoms with Gasteiger partial charge in [0.25, 0.3) is 0 Å². The van der Waals surface area contributed by atoms with Crippen molar-refractivity contribution >= 4 is 23.1 Å². The molecule has 96 valence electrons. The van der Waals surface area contributed by atoms with E-state index in [0.29, 0.717) is 16.7 Å². The zero-order chi connectivity index (χ0) is 12.3. The lowest BCUT2D eigenvalue weighted by atomic mass is 10.0. The SMILES string of the molecule is CC(C)C(NCC1(C)CCCS1)c1cccs1. The van der Waals surface area contributed by atoms with Crippen LogP contribution in [0, 0.1) is 5.92 Å². The fraction of sp³-hybridized carbons (Fsp3) is 0.714. The number of nitrogens with one attached hydrogen (secondary N) is 1. The van der Waals surface area contributed by atoms with E-state index in [1.807, 2.05) is 11.3 Å². The predicted molar refractivity (Wildman–Crippen MR) is 80.0 cm³/mol. The van der Waals surface area contributed by atoms with Crippen molar-refractivity contribution in [1.82, 2.24) is 5.32 Å². The van der Waals surface area contributed by atoms with Gasteiger partial charge in [-0.3, -0.25) is 0 Å². The molecule has 0 saturated carbocycles. The minimum Gasteiger partial charge on any atom is -0.308 e. The third kappa shape index (κ3) is 3.49. The number of thiophene rings is 1. The third-order valence-corrected chi connectivity index (χ3v) is 6.01. The molecule has 2 heterocycles. The van der Waals surface area contributed by atoms with E-state index in [9.17, 15) is 0 Å². The van der Waals surface area contributed by atoms with Gasteiger partial charge in [-0.25, -0.2) is 0 Å². The Balaban J connectivity index is 1.95. The summed E-state index contributed by atoms with van der Waals surface area (Å²) >= 11 is 4.01. The van der Waals surface area contributed by atoms with Gasteiger partial charge in [0.1, 0.15) is 0 Å². The molecule has 0 aromatic carbocycles. The normalized spacial score (nSPS) is 26.6. The molecule has 2 atom stereocenters. The first-order chi connectivity index (χ1) is 8.11. The molecule has 1 N–H and O–H groups in total. The minimum atomic E-state index is 0.463. The van der Waals surface area contributed by atoms with Gasteiger partial charge < -0.3 is 5.32 Å². The maximum atomic E-state index is 3.79. The highest BCUT2D eigenvalue weighted by atomic mass is 32.2. The molecule has 0 spiro atoms. The molecular formula is C14H23NS2. The lowest BCUT2D eigenvalue weighted by Gasteiger charge is -2.28. The number of rotatable bonds is 5. The van der Waals surface area contributed by atoms with Gasteiger partial charge in [-0.05, 0) is 42.9 Å². The Labute approximate surface area is 113 Å². The summed E-state index contributed by atoms with van der Waals surface area (Å²) in [6.07, 6.45) is 2.74. The summed E-state index contributed by atoms with van der Waals surface area (Å²) in [7, 11) is 0. The molecule has 0 radical (unpaired) electrons. The summed E-state index contributed by atoms with van der Waals surface area (Å²) in [5, 5.41) is 5.97. The number of thioether (sulfide) groups is 1. The second-order valence-electron chi connectivity index (χ2n) is 5.52. The van der Waals surface area contributed by atoms with Gasteiger partial charge in [0, 0.05) is 22.2 Å². The Morgan fingerprint density at radius 2 is 2.29 bits per heavy atom. The zero-order valence-corrected chi connectivity index (χ0v) is 12.7. The minimum absolute atomic E-state index is 0.463. The van der Waals surface area contributed by atoms with Crippen molar-refractivity contribution in [3.05, 3.63) is 22.4 Å². The van der Waals surface area contributed by atoms with E-state index in [0.717, 1.165) is 6.54 Å². The van der Waals surface area contributed by atoms with E-state index in [4.69, 9.17) is 0 Å². The van der Waals surface area contributed by atoms with E-state index in [1.165, 1.54) is 23.5 Å². The summed E-state index contributed by atoms with van der Waals surface area (Å²) in [6, 6.07) is 4.93. The molecule has 0 amide bonds. The van der Waals surface area contributed by atoms with E-state index in [2.05, 4.69) is 55.4 Å². The van der Waals surface area contributed by atoms with E-state index < -0.39 is 0 Å². The van der Waals surface area contributed by atoms with Crippen LogP contribution in [0.2, 0.25) is 0 Å². The summed E-state index contributed by atoms with van der Waals surface area (Å²) < 4.78 is 0.463. The van der Waals surface area contributed by atoms with Gasteiger partial charge in [0.15, 0.2) is 0 Å². The van der Waals surface area contributed by atoms with Crippen LogP contribution < -0.4 is 5.32 Å². The molecule has 1 aliphatic heterocycles. The standard InChI is InChI=1S/C14H23NS2/c1-11(2)13(12-6-4-8-16-12)15-10-14(3)7-5-9-17-14/h4,6,8,11,13,15H,5,7,9-10H2,1-3H3. The molecular weight excluding hydrogens is 246 g/mol. The summed E-state index contributed by atoms with van der Waals surface area (Å²) in [5.41, 5.74) is 0. The van der Waals surface area contributed by atoms with Gasteiger partial charge in [0.05, 0.1) is 0 Å². The molecule has 0 bridgehead atoms. The molecule has 1 aromatic rings. The van der Waals surface area contributed by atoms with Crippen molar-refractivity contribution in [2.24, 2.45) is 5.92 Å². The van der Waals surface area contributed by atoms with Gasteiger partial charge in [-0.1, -0.05) is 19.9 Å². The molecule has 3 heteroatoms. The Morgan fingerprint density at radius 1 is 1.47 bits per heavy atom. The lowest BCUT2D eigenvalue weighted by Crippen LogP contribution is -2.36. The van der Waals surface area contributed by atoms with Crippen LogP contribution in [-0.4, -0.2) is 17.0 Å². The molecule has 17 heavy (non-hydrogen) atoms. The first kappa shape index (κ1) is 13.4. The average Bonchev–Trinajstić information content (AvgIpc) is 2.90. The third-order valence-electron chi connectivity index (χ3n) is 3.51. The molecule has 1 aromatic heterocycles. The van der Waals surface area contributed by atoms with Crippen molar-refractivity contribution < 1.29 is 0 Å². The molecule has 1 nitrogen and oxygen atoms in total. The molecule has 1 aliphatic rings. The Bertz CT molecular complexity index is 326. The highest BCUT2D eigenvalue weighted by Crippen LogP contribution is 2.38. The predicted octanol–water partition coefficient (Wildman–Crippen LogP) is 4.32. The first-order valence-electron chi connectivity index (χ1n) is 6.51. The van der Waals surface area contributed by atoms with Gasteiger partial charge in [0.2, 0.25) is 0 Å². The molecule has 0 aliphatic carbocycles. The van der Waals surface area contributed by atoms with Crippen LogP contribution in [-0.2, 0) is 0 Å². The lowest BCUT2D eigenvalue weighted by molar-refractivity contribution is 0.393. The monoisotopic (exact) mass is 269 g/mol. The highest BCUT2D eigenvalue weighted by Gasteiger charge is 2.30. The van der Waals surface area contributed by atoms with Crippen LogP contribution in [0.4, 0.5) is 0 Å². The fourth-order valence-electron chi connectivity index (χ4n) is 2.44. The molecule has 2 unspecified atom stereocenters. The Morgan fingerprint density at radius 3 is 2.82 bits per heavy atom. The average molecular weight is 269 g/mol. The van der Waals surface area contributed by atoms with Crippen molar-refractivity contribution in [2.75, 3.05) is 12.3 Å². The van der Waals surface area contributed by atoms with E-state index in [1.54, 1.807) is 0 Å². The second kappa shape index (κ2) is 5.77. The van der Waals surface area contributed by atoms with Crippen molar-refractivity contribution in [1.29, 1.82) is 0 Å². The smallest absolute Gasteiger partial charge is 0.0438 e. The number of hydrogen-bond donors (Lipinski definition) is 1. The first-order valence-corrected chi connectivity index (χ1v) is 8.38. The van der Waals surface area contributed by atoms with Crippen LogP contribution >= 0.6 is 23.1 Å². The van der Waals surface area contributed by atoms with Gasteiger partial charge in [-0.2, -0.15) is 11.8 Å². The Kier molecular flexibility index (Phi) is 4.56. The summed E-state index contributed by atoms with van der Waals surface area (Å²) in [5.74, 6) is 1.99. The van der Waals surface area contributed by atoms with Crippen molar-refractivity contribution in [2.45, 2.75) is 44.4 Å². The van der Waals surface area contributed by atoms with Crippen LogP contribution in [0.1, 0.15) is 44.5 Å². The maximum Gasteiger partial charge on any atom is 0.0438 e. The number of hydrogen-bond acceptors (Lipinski definition) is 3. The van der Waals surface area contributed by atoms with Crippen LogP contribution in [0.25, 0.3) is 0 Å².